The number of aliphatic hydroxyl groups is 1. The summed E-state index contributed by atoms with van der Waals surface area (Å²) in [6, 6.07) is 18.7. The van der Waals surface area contributed by atoms with E-state index >= 15 is 0 Å². The fourth-order valence-electron chi connectivity index (χ4n) is 6.69. The van der Waals surface area contributed by atoms with Gasteiger partial charge in [-0.1, -0.05) is 80.6 Å². The summed E-state index contributed by atoms with van der Waals surface area (Å²) in [6.07, 6.45) is 6.23. The molecule has 4 amide bonds. The van der Waals surface area contributed by atoms with E-state index in [1.54, 1.807) is 36.0 Å². The van der Waals surface area contributed by atoms with Crippen molar-refractivity contribution >= 4 is 46.9 Å². The van der Waals surface area contributed by atoms with Crippen molar-refractivity contribution in [3.05, 3.63) is 101 Å². The van der Waals surface area contributed by atoms with Gasteiger partial charge in [0.25, 0.3) is 0 Å². The molecule has 52 heavy (non-hydrogen) atoms. The van der Waals surface area contributed by atoms with Gasteiger partial charge in [0.05, 0.1) is 29.1 Å². The highest BCUT2D eigenvalue weighted by atomic mass is 32.2. The first-order valence-corrected chi connectivity index (χ1v) is 19.7. The maximum atomic E-state index is 14.0. The molecule has 1 unspecified atom stereocenters. The van der Waals surface area contributed by atoms with Gasteiger partial charge in [0.15, 0.2) is 0 Å². The number of urea groups is 1. The van der Waals surface area contributed by atoms with Crippen LogP contribution in [0.1, 0.15) is 55.5 Å². The van der Waals surface area contributed by atoms with Gasteiger partial charge in [-0.05, 0) is 78.7 Å². The summed E-state index contributed by atoms with van der Waals surface area (Å²) in [5.41, 5.74) is 4.63. The number of aromatic nitrogens is 1. The number of rotatable bonds is 17. The largest absolute Gasteiger partial charge is 0.444 e. The van der Waals surface area contributed by atoms with E-state index in [0.29, 0.717) is 19.4 Å². The van der Waals surface area contributed by atoms with Crippen molar-refractivity contribution < 1.29 is 24.2 Å². The van der Waals surface area contributed by atoms with E-state index in [-0.39, 0.29) is 30.9 Å². The van der Waals surface area contributed by atoms with Gasteiger partial charge >= 0.3 is 12.1 Å². The Balaban J connectivity index is 1.28. The zero-order chi connectivity index (χ0) is 36.9. The van der Waals surface area contributed by atoms with E-state index in [9.17, 15) is 19.5 Å². The van der Waals surface area contributed by atoms with Gasteiger partial charge in [-0.15, -0.1) is 11.8 Å². The van der Waals surface area contributed by atoms with Crippen molar-refractivity contribution in [1.82, 2.24) is 25.2 Å². The normalized spacial score (nSPS) is 19.0. The first kappa shape index (κ1) is 39.0. The Morgan fingerprint density at radius 2 is 1.69 bits per heavy atom. The number of benzene rings is 2. The third-order valence-corrected chi connectivity index (χ3v) is 11.1. The summed E-state index contributed by atoms with van der Waals surface area (Å²) in [4.78, 5) is 47.8. The fraction of sp³-hybridized carbons (Fsp3) is 0.462. The van der Waals surface area contributed by atoms with Crippen LogP contribution in [0.25, 0.3) is 0 Å². The van der Waals surface area contributed by atoms with Crippen molar-refractivity contribution in [3.8, 4) is 0 Å². The highest BCUT2D eigenvalue weighted by molar-refractivity contribution is 8.12. The minimum Gasteiger partial charge on any atom is -0.444 e. The Morgan fingerprint density at radius 1 is 0.981 bits per heavy atom. The number of carbonyl (C=O) groups is 3. The summed E-state index contributed by atoms with van der Waals surface area (Å²) < 4.78 is 9.49. The molecule has 4 N–H and O–H groups in total. The molecule has 278 valence electrons. The Labute approximate surface area is 314 Å². The second-order valence-corrected chi connectivity index (χ2v) is 15.7. The third kappa shape index (κ3) is 11.1. The van der Waals surface area contributed by atoms with Crippen molar-refractivity contribution in [3.63, 3.8) is 0 Å². The molecule has 1 aliphatic carbocycles. The number of nitrogens with zero attached hydrogens (tertiary/aromatic N) is 3. The maximum Gasteiger partial charge on any atom is 0.407 e. The number of allylic oxidation sites excluding steroid dienone is 1. The topological polar surface area (TPSA) is 145 Å². The molecule has 0 fully saturated rings. The molecule has 0 bridgehead atoms. The fourth-order valence-corrected chi connectivity index (χ4v) is 8.15. The molecule has 5 rings (SSSR count). The van der Waals surface area contributed by atoms with Crippen LogP contribution in [0.3, 0.4) is 0 Å². The standard InChI is InChI=1S/C39H50N6O5S2/c1-27(2)35(44-37(48)45(3)24-39(25-51-26-40-39)30-16-10-11-17-30)36(47)42-31(20-28-12-6-4-7-13-28)22-34(46)33(21-29-14-8-5-9-15-29)43-38(49)50-23-32-18-19-41-52-32/h4-9,12-16,18-19,26-27,31,33-35,46H,10-11,17,20-25H2,1-3H3,(H,42,47)(H,43,49)(H,44,48)/t31-,33-,34-,35-,39?/m0/s1. The summed E-state index contributed by atoms with van der Waals surface area (Å²) >= 11 is 2.90. The summed E-state index contributed by atoms with van der Waals surface area (Å²) in [5.74, 6) is 0.231. The molecule has 1 aromatic heterocycles. The molecule has 0 radical (unpaired) electrons. The number of amides is 4. The van der Waals surface area contributed by atoms with E-state index < -0.39 is 35.9 Å². The lowest BCUT2D eigenvalue weighted by molar-refractivity contribution is -0.124. The monoisotopic (exact) mass is 746 g/mol. The molecule has 2 aliphatic rings. The summed E-state index contributed by atoms with van der Waals surface area (Å²) in [7, 11) is 1.75. The van der Waals surface area contributed by atoms with Gasteiger partial charge in [-0.2, -0.15) is 0 Å². The number of hydrogen-bond donors (Lipinski definition) is 4. The number of nitrogens with one attached hydrogen (secondary N) is 3. The second kappa shape index (κ2) is 19.0. The van der Waals surface area contributed by atoms with Crippen LogP contribution in [0, 0.1) is 5.92 Å². The highest BCUT2D eigenvalue weighted by Crippen LogP contribution is 2.37. The number of carbonyl (C=O) groups excluding carboxylic acids is 3. The average molecular weight is 747 g/mol. The van der Waals surface area contributed by atoms with Crippen molar-refractivity contribution in [1.29, 1.82) is 0 Å². The van der Waals surface area contributed by atoms with Crippen molar-refractivity contribution in [2.24, 2.45) is 10.9 Å². The van der Waals surface area contributed by atoms with Crippen molar-refractivity contribution in [2.75, 3.05) is 19.3 Å². The van der Waals surface area contributed by atoms with Crippen LogP contribution >= 0.6 is 23.3 Å². The first-order valence-electron chi connectivity index (χ1n) is 17.9. The van der Waals surface area contributed by atoms with Crippen LogP contribution < -0.4 is 16.0 Å². The molecule has 13 heteroatoms. The van der Waals surface area contributed by atoms with E-state index in [4.69, 9.17) is 9.73 Å². The Bertz CT molecular complexity index is 1660. The Kier molecular flexibility index (Phi) is 14.3. The van der Waals surface area contributed by atoms with Crippen LogP contribution in [0.15, 0.2) is 89.6 Å². The lowest BCUT2D eigenvalue weighted by atomic mass is 9.91. The van der Waals surface area contributed by atoms with E-state index in [1.165, 1.54) is 17.1 Å². The molecular formula is C39H50N6O5S2. The second-order valence-electron chi connectivity index (χ2n) is 13.9. The quantitative estimate of drug-likeness (QED) is 0.129. The predicted molar refractivity (Wildman–Crippen MR) is 207 cm³/mol. The van der Waals surface area contributed by atoms with Crippen LogP contribution in [-0.4, -0.2) is 87.1 Å². The molecule has 3 aromatic rings. The highest BCUT2D eigenvalue weighted by Gasteiger charge is 2.40. The van der Waals surface area contributed by atoms with Crippen LogP contribution in [0.5, 0.6) is 0 Å². The Hall–Kier alpha value is -4.20. The third-order valence-electron chi connectivity index (χ3n) is 9.51. The minimum atomic E-state index is -1.05. The number of hydrogen-bond acceptors (Lipinski definition) is 9. The number of aliphatic imine (C=N–C) groups is 1. The maximum absolute atomic E-state index is 14.0. The molecule has 1 aliphatic heterocycles. The van der Waals surface area contributed by atoms with Gasteiger partial charge in [-0.25, -0.2) is 14.0 Å². The number of thioether (sulfide) groups is 1. The van der Waals surface area contributed by atoms with E-state index in [1.807, 2.05) is 80.1 Å². The van der Waals surface area contributed by atoms with Crippen LogP contribution in [-0.2, 0) is 29.0 Å². The lowest BCUT2D eigenvalue weighted by Crippen LogP contribution is -2.57. The van der Waals surface area contributed by atoms with E-state index in [2.05, 4.69) is 26.4 Å². The van der Waals surface area contributed by atoms with Gasteiger partial charge in [0.2, 0.25) is 5.91 Å². The smallest absolute Gasteiger partial charge is 0.407 e. The molecule has 0 saturated heterocycles. The van der Waals surface area contributed by atoms with E-state index in [0.717, 1.165) is 41.0 Å². The number of aliphatic hydroxyl groups excluding tert-OH is 1. The summed E-state index contributed by atoms with van der Waals surface area (Å²) in [6.45, 7) is 4.28. The number of likely N-dealkylation sites (N-methyl/N-ethyl adjacent to an activating group) is 1. The summed E-state index contributed by atoms with van der Waals surface area (Å²) in [5, 5.41) is 20.7. The molecule has 5 atom stereocenters. The van der Waals surface area contributed by atoms with Crippen LogP contribution in [0.4, 0.5) is 9.59 Å². The van der Waals surface area contributed by atoms with Crippen LogP contribution in [0.2, 0.25) is 0 Å². The SMILES string of the molecule is CC(C)[C@H](NC(=O)N(C)CC1(C2=CCCC2)CSC=N1)C(=O)N[C@@H](Cc1ccccc1)C[C@H](O)[C@H](Cc1ccccc1)NC(=O)OCc1ccns1. The molecule has 2 aromatic carbocycles. The van der Waals surface area contributed by atoms with Gasteiger partial charge in [0.1, 0.15) is 18.2 Å². The Morgan fingerprint density at radius 3 is 2.29 bits per heavy atom. The van der Waals surface area contributed by atoms with Gasteiger partial charge in [-0.3, -0.25) is 9.79 Å². The predicted octanol–water partition coefficient (Wildman–Crippen LogP) is 5.75. The lowest BCUT2D eigenvalue weighted by Gasteiger charge is -2.34. The van der Waals surface area contributed by atoms with Crippen molar-refractivity contribution in [2.45, 2.75) is 88.7 Å². The molecule has 11 nitrogen and oxygen atoms in total. The molecular weight excluding hydrogens is 697 g/mol. The zero-order valence-corrected chi connectivity index (χ0v) is 31.7. The molecule has 2 heterocycles. The molecule has 0 saturated carbocycles. The first-order chi connectivity index (χ1) is 25.1. The number of alkyl carbamates (subject to hydrolysis) is 1. The minimum absolute atomic E-state index is 0.0693. The number of ether oxygens (including phenoxy) is 1. The van der Waals surface area contributed by atoms with Gasteiger partial charge in [0, 0.05) is 25.0 Å². The average Bonchev–Trinajstić information content (AvgIpc) is 3.95. The van der Waals surface area contributed by atoms with Gasteiger partial charge < -0.3 is 30.7 Å². The molecule has 0 spiro atoms. The zero-order valence-electron chi connectivity index (χ0n) is 30.1.